The number of nitrogens with one attached hydrogen (secondary N) is 2. The van der Waals surface area contributed by atoms with Crippen LogP contribution in [0.25, 0.3) is 0 Å². The molecule has 0 spiro atoms. The third-order valence-electron chi connectivity index (χ3n) is 7.64. The summed E-state index contributed by atoms with van der Waals surface area (Å²) in [6.07, 6.45) is 5.63. The van der Waals surface area contributed by atoms with Gasteiger partial charge in [-0.2, -0.15) is 12.6 Å². The van der Waals surface area contributed by atoms with Crippen molar-refractivity contribution in [1.29, 1.82) is 0 Å². The fraction of sp³-hybridized carbons (Fsp3) is 0.667. The molecular formula is C27H40N4O3S3. The fourth-order valence-electron chi connectivity index (χ4n) is 4.57. The van der Waals surface area contributed by atoms with Crippen molar-refractivity contribution in [3.8, 4) is 0 Å². The molecule has 0 fully saturated rings. The zero-order valence-electron chi connectivity index (χ0n) is 22.7. The van der Waals surface area contributed by atoms with Crippen molar-refractivity contribution in [1.82, 2.24) is 15.6 Å². The summed E-state index contributed by atoms with van der Waals surface area (Å²) in [6.45, 7) is 12.4. The monoisotopic (exact) mass is 564 g/mol. The Hall–Kier alpha value is -1.65. The normalized spacial score (nSPS) is 29.6. The number of thiol groups is 1. The maximum absolute atomic E-state index is 13.5. The van der Waals surface area contributed by atoms with E-state index in [9.17, 15) is 14.4 Å². The molecule has 0 saturated heterocycles. The van der Waals surface area contributed by atoms with Crippen LogP contribution in [-0.2, 0) is 20.9 Å². The van der Waals surface area contributed by atoms with Crippen LogP contribution in [0.15, 0.2) is 22.5 Å². The molecule has 2 amide bonds. The summed E-state index contributed by atoms with van der Waals surface area (Å²) in [5, 5.41) is 9.49. The van der Waals surface area contributed by atoms with Gasteiger partial charge >= 0.3 is 0 Å². The van der Waals surface area contributed by atoms with E-state index in [2.05, 4.69) is 61.2 Å². The topological polar surface area (TPSA) is 101 Å². The van der Waals surface area contributed by atoms with E-state index in [0.717, 1.165) is 22.9 Å². The van der Waals surface area contributed by atoms with Gasteiger partial charge in [0.1, 0.15) is 21.3 Å². The number of thioether (sulfide) groups is 1. The van der Waals surface area contributed by atoms with E-state index in [-0.39, 0.29) is 40.8 Å². The first-order chi connectivity index (χ1) is 17.4. The Bertz CT molecular complexity index is 1070. The number of carbonyl (C=O) groups is 3. The van der Waals surface area contributed by atoms with E-state index in [1.165, 1.54) is 23.1 Å². The number of hydrogen-bond acceptors (Lipinski definition) is 8. The van der Waals surface area contributed by atoms with Crippen molar-refractivity contribution < 1.29 is 14.4 Å². The summed E-state index contributed by atoms with van der Waals surface area (Å²) in [5.74, 6) is 0.817. The zero-order valence-corrected chi connectivity index (χ0v) is 25.2. The highest BCUT2D eigenvalue weighted by molar-refractivity contribution is 8.14. The molecule has 0 radical (unpaired) electrons. The van der Waals surface area contributed by atoms with Gasteiger partial charge in [-0.1, -0.05) is 46.8 Å². The smallest absolute Gasteiger partial charge is 0.249 e. The third kappa shape index (κ3) is 7.26. The quantitative estimate of drug-likeness (QED) is 0.365. The summed E-state index contributed by atoms with van der Waals surface area (Å²) >= 11 is 7.27. The van der Waals surface area contributed by atoms with Gasteiger partial charge in [0.05, 0.1) is 12.6 Å². The van der Waals surface area contributed by atoms with Gasteiger partial charge in [-0.05, 0) is 42.3 Å². The number of aliphatic imine (C=N–C) groups is 1. The molecule has 1 aromatic rings. The minimum absolute atomic E-state index is 0.00942. The molecule has 2 aliphatic rings. The van der Waals surface area contributed by atoms with Crippen LogP contribution in [0.2, 0.25) is 0 Å². The first-order valence-corrected chi connectivity index (χ1v) is 15.4. The Morgan fingerprint density at radius 3 is 2.62 bits per heavy atom. The standard InChI is InChI=1S/C27H40N4O3S3/c1-16(2)23-20(32)11-17(3)26(4,5)18(9-7-8-10-35)12-21(33)28-13-22-29-19(14-36-22)24-31-27(6,15-37-24)25(34)30-23/h7,9,14,16-18,23,35H,8,10-13,15H2,1-6H3,(H,28,33)(H,30,34). The predicted molar refractivity (Wildman–Crippen MR) is 156 cm³/mol. The fourth-order valence-corrected chi connectivity index (χ4v) is 6.64. The van der Waals surface area contributed by atoms with Crippen LogP contribution in [0.3, 0.4) is 0 Å². The number of carbonyl (C=O) groups excluding carboxylic acids is 3. The van der Waals surface area contributed by atoms with Crippen molar-refractivity contribution in [2.24, 2.45) is 28.2 Å². The lowest BCUT2D eigenvalue weighted by molar-refractivity contribution is -0.132. The molecule has 204 valence electrons. The number of thiazole rings is 1. The van der Waals surface area contributed by atoms with E-state index in [4.69, 9.17) is 4.99 Å². The number of nitrogens with zero attached hydrogens (tertiary/aromatic N) is 2. The summed E-state index contributed by atoms with van der Waals surface area (Å²) < 4.78 is 0. The van der Waals surface area contributed by atoms with E-state index in [1.807, 2.05) is 26.2 Å². The van der Waals surface area contributed by atoms with Gasteiger partial charge in [-0.25, -0.2) is 4.98 Å². The van der Waals surface area contributed by atoms with Gasteiger partial charge in [0, 0.05) is 24.0 Å². The highest BCUT2D eigenvalue weighted by Crippen LogP contribution is 2.40. The largest absolute Gasteiger partial charge is 0.350 e. The van der Waals surface area contributed by atoms with Gasteiger partial charge < -0.3 is 10.6 Å². The van der Waals surface area contributed by atoms with Gasteiger partial charge in [0.15, 0.2) is 5.78 Å². The lowest BCUT2D eigenvalue weighted by Gasteiger charge is -2.39. The van der Waals surface area contributed by atoms with E-state index in [1.54, 1.807) is 0 Å². The Kier molecular flexibility index (Phi) is 10.1. The van der Waals surface area contributed by atoms with Crippen LogP contribution in [-0.4, -0.2) is 50.7 Å². The van der Waals surface area contributed by atoms with Crippen LogP contribution in [0.5, 0.6) is 0 Å². The second-order valence-corrected chi connectivity index (χ2v) is 13.6. The number of amides is 2. The molecule has 37 heavy (non-hydrogen) atoms. The lowest BCUT2D eigenvalue weighted by Crippen LogP contribution is -2.53. The Morgan fingerprint density at radius 2 is 1.95 bits per heavy atom. The summed E-state index contributed by atoms with van der Waals surface area (Å²) in [5.41, 5.74) is -0.584. The number of hydrogen-bond donors (Lipinski definition) is 3. The van der Waals surface area contributed by atoms with Crippen molar-refractivity contribution in [3.05, 3.63) is 28.2 Å². The van der Waals surface area contributed by atoms with Gasteiger partial charge in [-0.3, -0.25) is 19.4 Å². The minimum Gasteiger partial charge on any atom is -0.350 e. The highest BCUT2D eigenvalue weighted by atomic mass is 32.2. The Balaban J connectivity index is 1.97. The number of aromatic nitrogens is 1. The number of fused-ring (bicyclic) bond motifs is 4. The van der Waals surface area contributed by atoms with Crippen LogP contribution >= 0.6 is 35.7 Å². The maximum Gasteiger partial charge on any atom is 0.249 e. The SMILES string of the molecule is CC(C)C1NC(=O)C2(C)CSC(=N2)c2csc(n2)CNC(=O)CC(C=CCCS)C(C)(C)C(C)CC1=O. The number of ketones is 1. The second kappa shape index (κ2) is 12.5. The molecular weight excluding hydrogens is 525 g/mol. The molecule has 4 bridgehead atoms. The molecule has 4 atom stereocenters. The number of rotatable bonds is 4. The predicted octanol–water partition coefficient (Wildman–Crippen LogP) is 4.67. The molecule has 0 aliphatic carbocycles. The van der Waals surface area contributed by atoms with Crippen LogP contribution < -0.4 is 10.6 Å². The van der Waals surface area contributed by atoms with Crippen molar-refractivity contribution in [3.63, 3.8) is 0 Å². The summed E-state index contributed by atoms with van der Waals surface area (Å²) in [7, 11) is 0. The molecule has 7 nitrogen and oxygen atoms in total. The summed E-state index contributed by atoms with van der Waals surface area (Å²) in [6, 6.07) is -0.599. The molecule has 3 heterocycles. The second-order valence-electron chi connectivity index (χ2n) is 11.2. The van der Waals surface area contributed by atoms with Gasteiger partial charge in [0.25, 0.3) is 0 Å². The first kappa shape index (κ1) is 29.9. The molecule has 1 aromatic heterocycles. The average Bonchev–Trinajstić information content (AvgIpc) is 3.47. The van der Waals surface area contributed by atoms with Crippen LogP contribution in [0, 0.1) is 23.2 Å². The van der Waals surface area contributed by atoms with Crippen LogP contribution in [0.4, 0.5) is 0 Å². The first-order valence-electron chi connectivity index (χ1n) is 12.9. The highest BCUT2D eigenvalue weighted by Gasteiger charge is 2.42. The van der Waals surface area contributed by atoms with E-state index >= 15 is 0 Å². The molecule has 3 rings (SSSR count). The summed E-state index contributed by atoms with van der Waals surface area (Å²) in [4.78, 5) is 49.3. The van der Waals surface area contributed by atoms with Crippen LogP contribution in [0.1, 0.15) is 71.5 Å². The van der Waals surface area contributed by atoms with E-state index in [0.29, 0.717) is 30.2 Å². The minimum atomic E-state index is -0.968. The lowest BCUT2D eigenvalue weighted by atomic mass is 9.66. The average molecular weight is 565 g/mol. The van der Waals surface area contributed by atoms with Crippen molar-refractivity contribution >= 4 is 58.4 Å². The Morgan fingerprint density at radius 1 is 1.22 bits per heavy atom. The molecule has 0 aromatic carbocycles. The maximum atomic E-state index is 13.5. The molecule has 4 unspecified atom stereocenters. The number of Topliss-reactive ketones (excluding diaryl/α,β-unsaturated/α-hetero) is 1. The van der Waals surface area contributed by atoms with Gasteiger partial charge in [-0.15, -0.1) is 23.1 Å². The van der Waals surface area contributed by atoms with Crippen molar-refractivity contribution in [2.75, 3.05) is 11.5 Å². The van der Waals surface area contributed by atoms with Crippen molar-refractivity contribution in [2.45, 2.75) is 78.9 Å². The molecule has 2 N–H and O–H groups in total. The molecule has 0 saturated carbocycles. The third-order valence-corrected chi connectivity index (χ3v) is 10.0. The Labute approximate surface area is 234 Å². The molecule has 10 heteroatoms. The molecule has 2 aliphatic heterocycles. The number of allylic oxidation sites excluding steroid dienone is 2. The van der Waals surface area contributed by atoms with Gasteiger partial charge in [0.2, 0.25) is 11.8 Å². The van der Waals surface area contributed by atoms with E-state index < -0.39 is 11.6 Å². The zero-order chi connectivity index (χ0) is 27.4.